The topological polar surface area (TPSA) is 79.7 Å². The smallest absolute Gasteiger partial charge is 0.422 e. The van der Waals surface area contributed by atoms with Crippen molar-refractivity contribution in [1.82, 2.24) is 19.6 Å². The highest BCUT2D eigenvalue weighted by atomic mass is 19.4. The Kier molecular flexibility index (Phi) is 6.46. The number of carbonyl (C=O) groups excluding carboxylic acids is 2. The molecule has 1 aromatic heterocycles. The minimum atomic E-state index is -4.60. The second-order valence-corrected chi connectivity index (χ2v) is 6.28. The van der Waals surface area contributed by atoms with Gasteiger partial charge in [-0.3, -0.25) is 14.4 Å². The molecule has 2 rings (SSSR count). The van der Waals surface area contributed by atoms with Gasteiger partial charge in [-0.2, -0.15) is 18.3 Å². The molecule has 1 aliphatic rings. The van der Waals surface area contributed by atoms with Gasteiger partial charge in [-0.25, -0.2) is 4.79 Å². The van der Waals surface area contributed by atoms with Crippen LogP contribution in [0.25, 0.3) is 0 Å². The summed E-state index contributed by atoms with van der Waals surface area (Å²) in [7, 11) is 3.86. The highest BCUT2D eigenvalue weighted by molar-refractivity contribution is 5.96. The van der Waals surface area contributed by atoms with E-state index < -0.39 is 30.8 Å². The molecule has 0 aromatic carbocycles. The first kappa shape index (κ1) is 20.0. The van der Waals surface area contributed by atoms with Crippen molar-refractivity contribution in [2.24, 2.45) is 0 Å². The number of alkyl halides is 3. The Balaban J connectivity index is 1.90. The highest BCUT2D eigenvalue weighted by Crippen LogP contribution is 2.21. The van der Waals surface area contributed by atoms with Gasteiger partial charge in [0.25, 0.3) is 0 Å². The summed E-state index contributed by atoms with van der Waals surface area (Å²) in [6, 6.07) is 0.747. The van der Waals surface area contributed by atoms with Crippen molar-refractivity contribution in [3.8, 4) is 0 Å². The van der Waals surface area contributed by atoms with E-state index in [9.17, 15) is 22.8 Å². The maximum absolute atomic E-state index is 12.4. The zero-order valence-corrected chi connectivity index (χ0v) is 14.6. The maximum atomic E-state index is 12.4. The minimum Gasteiger partial charge on any atom is -0.440 e. The lowest BCUT2D eigenvalue weighted by Crippen LogP contribution is -2.44. The first-order valence-corrected chi connectivity index (χ1v) is 8.15. The molecule has 26 heavy (non-hydrogen) atoms. The lowest BCUT2D eigenvalue weighted by atomic mass is 10.2. The molecule has 0 aliphatic carbocycles. The second kappa shape index (κ2) is 8.39. The number of likely N-dealkylation sites (N-methyl/N-ethyl adjacent to an activating group) is 1. The molecule has 0 bridgehead atoms. The van der Waals surface area contributed by atoms with Crippen LogP contribution in [0.15, 0.2) is 12.3 Å². The Morgan fingerprint density at radius 2 is 2.15 bits per heavy atom. The van der Waals surface area contributed by atoms with Crippen molar-refractivity contribution in [3.63, 3.8) is 0 Å². The number of nitrogens with one attached hydrogen (secondary N) is 1. The standard InChI is InChI=1S/C15H22F3N5O3/c1-21(2)8-9-22-7-5-12(20-22)19-13(24)11-4-3-6-23(11)14(25)26-10-15(16,17)18/h5,7,11H,3-4,6,8-10H2,1-2H3,(H,19,20,24). The molecule has 1 aromatic rings. The zero-order chi connectivity index (χ0) is 19.3. The van der Waals surface area contributed by atoms with Crippen molar-refractivity contribution in [1.29, 1.82) is 0 Å². The summed E-state index contributed by atoms with van der Waals surface area (Å²) in [5.74, 6) is -0.173. The Morgan fingerprint density at radius 3 is 2.81 bits per heavy atom. The van der Waals surface area contributed by atoms with Crippen LogP contribution in [0, 0.1) is 0 Å². The number of likely N-dealkylation sites (tertiary alicyclic amines) is 1. The fraction of sp³-hybridized carbons (Fsp3) is 0.667. The monoisotopic (exact) mass is 377 g/mol. The largest absolute Gasteiger partial charge is 0.440 e. The van der Waals surface area contributed by atoms with E-state index in [1.807, 2.05) is 19.0 Å². The number of aromatic nitrogens is 2. The van der Waals surface area contributed by atoms with E-state index in [0.717, 1.165) is 11.4 Å². The van der Waals surface area contributed by atoms with Gasteiger partial charge in [0.2, 0.25) is 5.91 Å². The summed E-state index contributed by atoms with van der Waals surface area (Å²) in [4.78, 5) is 27.2. The minimum absolute atomic E-state index is 0.173. The molecule has 1 atom stereocenters. The first-order chi connectivity index (χ1) is 12.2. The van der Waals surface area contributed by atoms with Gasteiger partial charge in [-0.15, -0.1) is 0 Å². The number of halogens is 3. The van der Waals surface area contributed by atoms with E-state index in [0.29, 0.717) is 25.2 Å². The van der Waals surface area contributed by atoms with Crippen LogP contribution < -0.4 is 5.32 Å². The lowest BCUT2D eigenvalue weighted by Gasteiger charge is -2.23. The Morgan fingerprint density at radius 1 is 1.42 bits per heavy atom. The Hall–Kier alpha value is -2.30. The number of hydrogen-bond acceptors (Lipinski definition) is 5. The quantitative estimate of drug-likeness (QED) is 0.814. The van der Waals surface area contributed by atoms with Gasteiger partial charge in [0.1, 0.15) is 6.04 Å². The summed E-state index contributed by atoms with van der Waals surface area (Å²) in [6.07, 6.45) is -3.17. The van der Waals surface area contributed by atoms with Crippen LogP contribution in [0.5, 0.6) is 0 Å². The van der Waals surface area contributed by atoms with Crippen LogP contribution in [0.4, 0.5) is 23.8 Å². The van der Waals surface area contributed by atoms with E-state index in [-0.39, 0.29) is 6.54 Å². The third-order valence-corrected chi connectivity index (χ3v) is 3.82. The molecule has 0 spiro atoms. The van der Waals surface area contributed by atoms with E-state index in [1.165, 1.54) is 0 Å². The summed E-state index contributed by atoms with van der Waals surface area (Å²) in [5.41, 5.74) is 0. The van der Waals surface area contributed by atoms with Crippen LogP contribution >= 0.6 is 0 Å². The SMILES string of the molecule is CN(C)CCn1ccc(NC(=O)C2CCCN2C(=O)OCC(F)(F)F)n1. The molecule has 2 heterocycles. The fourth-order valence-electron chi connectivity index (χ4n) is 2.55. The molecular formula is C15H22F3N5O3. The number of nitrogens with zero attached hydrogens (tertiary/aromatic N) is 4. The number of anilines is 1. The second-order valence-electron chi connectivity index (χ2n) is 6.28. The zero-order valence-electron chi connectivity index (χ0n) is 14.6. The predicted molar refractivity (Wildman–Crippen MR) is 86.5 cm³/mol. The Labute approximate surface area is 148 Å². The number of ether oxygens (including phenoxy) is 1. The van der Waals surface area contributed by atoms with E-state index in [4.69, 9.17) is 0 Å². The van der Waals surface area contributed by atoms with Gasteiger partial charge in [0.05, 0.1) is 6.54 Å². The van der Waals surface area contributed by atoms with E-state index >= 15 is 0 Å². The first-order valence-electron chi connectivity index (χ1n) is 8.15. The molecule has 0 saturated carbocycles. The van der Waals surface area contributed by atoms with Gasteiger partial charge in [0.15, 0.2) is 12.4 Å². The molecule has 146 valence electrons. The average molecular weight is 377 g/mol. The third kappa shape index (κ3) is 5.90. The Bertz CT molecular complexity index is 632. The van der Waals surface area contributed by atoms with Crippen LogP contribution in [0.3, 0.4) is 0 Å². The summed E-state index contributed by atoms with van der Waals surface area (Å²) >= 11 is 0. The lowest BCUT2D eigenvalue weighted by molar-refractivity contribution is -0.162. The molecule has 8 nitrogen and oxygen atoms in total. The molecule has 1 fully saturated rings. The summed E-state index contributed by atoms with van der Waals surface area (Å²) in [6.45, 7) is -0.0856. The number of carbonyl (C=O) groups is 2. The summed E-state index contributed by atoms with van der Waals surface area (Å²) in [5, 5.41) is 6.80. The molecule has 1 saturated heterocycles. The van der Waals surface area contributed by atoms with Crippen molar-refractivity contribution in [2.75, 3.05) is 39.1 Å². The fourth-order valence-corrected chi connectivity index (χ4v) is 2.55. The van der Waals surface area contributed by atoms with Crippen LogP contribution in [0.1, 0.15) is 12.8 Å². The maximum Gasteiger partial charge on any atom is 0.422 e. The van der Waals surface area contributed by atoms with Crippen LogP contribution in [-0.4, -0.2) is 77.6 Å². The third-order valence-electron chi connectivity index (χ3n) is 3.82. The number of rotatable bonds is 6. The molecular weight excluding hydrogens is 355 g/mol. The molecule has 11 heteroatoms. The van der Waals surface area contributed by atoms with Crippen LogP contribution in [0.2, 0.25) is 0 Å². The van der Waals surface area contributed by atoms with Crippen molar-refractivity contribution in [3.05, 3.63) is 12.3 Å². The van der Waals surface area contributed by atoms with Gasteiger partial charge in [0, 0.05) is 25.4 Å². The van der Waals surface area contributed by atoms with Gasteiger partial charge >= 0.3 is 12.3 Å². The molecule has 2 amide bonds. The number of hydrogen-bond donors (Lipinski definition) is 1. The van der Waals surface area contributed by atoms with Crippen molar-refractivity contribution >= 4 is 17.8 Å². The predicted octanol–water partition coefficient (Wildman–Crippen LogP) is 1.55. The molecule has 1 aliphatic heterocycles. The van der Waals surface area contributed by atoms with Crippen molar-refractivity contribution < 1.29 is 27.5 Å². The van der Waals surface area contributed by atoms with Crippen molar-refractivity contribution in [2.45, 2.75) is 31.6 Å². The van der Waals surface area contributed by atoms with E-state index in [1.54, 1.807) is 16.9 Å². The van der Waals surface area contributed by atoms with Gasteiger partial charge in [-0.05, 0) is 26.9 Å². The summed E-state index contributed by atoms with van der Waals surface area (Å²) < 4.78 is 42.4. The normalized spacial score (nSPS) is 17.6. The average Bonchev–Trinajstić information content (AvgIpc) is 3.19. The molecule has 1 N–H and O–H groups in total. The highest BCUT2D eigenvalue weighted by Gasteiger charge is 2.37. The van der Waals surface area contributed by atoms with Gasteiger partial charge in [-0.1, -0.05) is 0 Å². The van der Waals surface area contributed by atoms with Crippen LogP contribution in [-0.2, 0) is 16.1 Å². The molecule has 0 radical (unpaired) electrons. The van der Waals surface area contributed by atoms with E-state index in [2.05, 4.69) is 15.2 Å². The van der Waals surface area contributed by atoms with Gasteiger partial charge < -0.3 is 15.0 Å². The number of amides is 2. The molecule has 1 unspecified atom stereocenters.